The fourth-order valence-corrected chi connectivity index (χ4v) is 2.09. The van der Waals surface area contributed by atoms with Crippen LogP contribution in [-0.4, -0.2) is 27.3 Å². The smallest absolute Gasteiger partial charge is 0.422 e. The summed E-state index contributed by atoms with van der Waals surface area (Å²) in [5.74, 6) is 0. The number of aryl methyl sites for hydroxylation is 1. The number of anilines is 1. The molecule has 0 bridgehead atoms. The molecule has 0 aliphatic heterocycles. The van der Waals surface area contributed by atoms with E-state index in [9.17, 15) is 26.4 Å². The molecule has 0 spiro atoms. The summed E-state index contributed by atoms with van der Waals surface area (Å²) in [6.45, 7) is -0.266. The van der Waals surface area contributed by atoms with Gasteiger partial charge in [-0.25, -0.2) is 18.4 Å². The lowest BCUT2D eigenvalue weighted by Crippen LogP contribution is -2.23. The lowest BCUT2D eigenvalue weighted by atomic mass is 10.2. The van der Waals surface area contributed by atoms with E-state index in [1.807, 2.05) is 5.32 Å². The van der Waals surface area contributed by atoms with E-state index in [2.05, 4.69) is 4.74 Å². The van der Waals surface area contributed by atoms with Crippen molar-refractivity contribution in [2.75, 3.05) is 11.9 Å². The predicted octanol–water partition coefficient (Wildman–Crippen LogP) is 1.75. The molecular formula is C10H11F3N2O4S. The molecule has 0 heterocycles. The van der Waals surface area contributed by atoms with E-state index >= 15 is 0 Å². The Bertz CT molecular complexity index is 613. The Morgan fingerprint density at radius 2 is 2.00 bits per heavy atom. The van der Waals surface area contributed by atoms with E-state index in [0.29, 0.717) is 5.56 Å². The third-order valence-electron chi connectivity index (χ3n) is 2.11. The first kappa shape index (κ1) is 16.2. The Morgan fingerprint density at radius 3 is 2.50 bits per heavy atom. The molecule has 0 atom stereocenters. The number of hydrogen-bond acceptors (Lipinski definition) is 4. The maximum absolute atomic E-state index is 11.8. The number of rotatable bonds is 3. The van der Waals surface area contributed by atoms with Gasteiger partial charge < -0.3 is 4.74 Å². The molecule has 1 aromatic rings. The molecule has 0 aliphatic rings. The molecule has 0 saturated carbocycles. The molecule has 112 valence electrons. The number of primary sulfonamides is 1. The molecule has 1 aromatic carbocycles. The highest BCUT2D eigenvalue weighted by molar-refractivity contribution is 7.89. The van der Waals surface area contributed by atoms with Crippen LogP contribution in [0.15, 0.2) is 23.1 Å². The van der Waals surface area contributed by atoms with Crippen LogP contribution in [0.3, 0.4) is 0 Å². The fourth-order valence-electron chi connectivity index (χ4n) is 1.29. The van der Waals surface area contributed by atoms with Crippen LogP contribution in [0.4, 0.5) is 23.7 Å². The number of ether oxygens (including phenoxy) is 1. The SMILES string of the molecule is Cc1ccc(NC(=O)OCC(F)(F)F)cc1S(N)(=O)=O. The van der Waals surface area contributed by atoms with Crippen molar-refractivity contribution < 1.29 is 31.1 Å². The lowest BCUT2D eigenvalue weighted by Gasteiger charge is -2.10. The van der Waals surface area contributed by atoms with Crippen molar-refractivity contribution in [3.8, 4) is 0 Å². The van der Waals surface area contributed by atoms with Crippen LogP contribution in [0.5, 0.6) is 0 Å². The highest BCUT2D eigenvalue weighted by atomic mass is 32.2. The Morgan fingerprint density at radius 1 is 1.40 bits per heavy atom. The first-order valence-corrected chi connectivity index (χ1v) is 6.67. The van der Waals surface area contributed by atoms with E-state index in [1.54, 1.807) is 0 Å². The molecule has 10 heteroatoms. The number of amides is 1. The van der Waals surface area contributed by atoms with Crippen molar-refractivity contribution in [2.24, 2.45) is 5.14 Å². The quantitative estimate of drug-likeness (QED) is 0.888. The molecule has 0 aromatic heterocycles. The van der Waals surface area contributed by atoms with Gasteiger partial charge in [-0.3, -0.25) is 5.32 Å². The van der Waals surface area contributed by atoms with Crippen molar-refractivity contribution in [3.05, 3.63) is 23.8 Å². The predicted molar refractivity (Wildman–Crippen MR) is 63.6 cm³/mol. The largest absolute Gasteiger partial charge is 0.440 e. The number of halogens is 3. The first-order chi connectivity index (χ1) is 8.99. The minimum absolute atomic E-state index is 0.0493. The van der Waals surface area contributed by atoms with Crippen LogP contribution < -0.4 is 10.5 Å². The second-order valence-corrected chi connectivity index (χ2v) is 5.37. The molecule has 20 heavy (non-hydrogen) atoms. The van der Waals surface area contributed by atoms with Crippen LogP contribution in [0.25, 0.3) is 0 Å². The van der Waals surface area contributed by atoms with Crippen molar-refractivity contribution in [3.63, 3.8) is 0 Å². The molecular weight excluding hydrogens is 301 g/mol. The summed E-state index contributed by atoms with van der Waals surface area (Å²) in [4.78, 5) is 10.8. The second kappa shape index (κ2) is 5.67. The van der Waals surface area contributed by atoms with Crippen molar-refractivity contribution in [2.45, 2.75) is 18.0 Å². The molecule has 0 fully saturated rings. The Labute approximate surface area is 112 Å². The van der Waals surface area contributed by atoms with Gasteiger partial charge in [-0.15, -0.1) is 0 Å². The zero-order valence-electron chi connectivity index (χ0n) is 10.2. The Kier molecular flexibility index (Phi) is 4.61. The van der Waals surface area contributed by atoms with Gasteiger partial charge in [0.2, 0.25) is 10.0 Å². The third kappa shape index (κ3) is 5.05. The van der Waals surface area contributed by atoms with E-state index in [1.165, 1.54) is 19.1 Å². The Balaban J connectivity index is 2.82. The van der Waals surface area contributed by atoms with Gasteiger partial charge in [-0.1, -0.05) is 6.07 Å². The van der Waals surface area contributed by atoms with Gasteiger partial charge in [0, 0.05) is 5.69 Å². The monoisotopic (exact) mass is 312 g/mol. The topological polar surface area (TPSA) is 98.5 Å². The molecule has 0 saturated heterocycles. The zero-order chi connectivity index (χ0) is 15.6. The standard InChI is InChI=1S/C10H11F3N2O4S/c1-6-2-3-7(4-8(6)20(14,17)18)15-9(16)19-5-10(11,12)13/h2-4H,5H2,1H3,(H,15,16)(H2,14,17,18). The van der Waals surface area contributed by atoms with E-state index in [-0.39, 0.29) is 10.6 Å². The third-order valence-corrected chi connectivity index (χ3v) is 3.16. The summed E-state index contributed by atoms with van der Waals surface area (Å²) in [5.41, 5.74) is 0.286. The summed E-state index contributed by atoms with van der Waals surface area (Å²) in [6.07, 6.45) is -6.00. The molecule has 3 N–H and O–H groups in total. The maximum Gasteiger partial charge on any atom is 0.422 e. The summed E-state index contributed by atoms with van der Waals surface area (Å²) in [5, 5.41) is 6.93. The summed E-state index contributed by atoms with van der Waals surface area (Å²) < 4.78 is 61.9. The molecule has 0 radical (unpaired) electrons. The minimum Gasteiger partial charge on any atom is -0.440 e. The summed E-state index contributed by atoms with van der Waals surface area (Å²) in [7, 11) is -4.00. The number of carbonyl (C=O) groups is 1. The molecule has 6 nitrogen and oxygen atoms in total. The summed E-state index contributed by atoms with van der Waals surface area (Å²) in [6, 6.07) is 3.68. The van der Waals surface area contributed by atoms with Gasteiger partial charge in [-0.05, 0) is 24.6 Å². The number of benzene rings is 1. The number of nitrogens with one attached hydrogen (secondary N) is 1. The Hall–Kier alpha value is -1.81. The van der Waals surface area contributed by atoms with Crippen LogP contribution in [0, 0.1) is 6.92 Å². The normalized spacial score (nSPS) is 12.1. The number of alkyl halides is 3. The average molecular weight is 312 g/mol. The fraction of sp³-hybridized carbons (Fsp3) is 0.300. The van der Waals surface area contributed by atoms with E-state index in [4.69, 9.17) is 5.14 Å². The minimum atomic E-state index is -4.64. The zero-order valence-corrected chi connectivity index (χ0v) is 11.0. The second-order valence-electron chi connectivity index (χ2n) is 3.84. The van der Waals surface area contributed by atoms with Gasteiger partial charge in [0.15, 0.2) is 6.61 Å². The molecule has 1 amide bonds. The molecule has 1 rings (SSSR count). The van der Waals surface area contributed by atoms with Crippen LogP contribution >= 0.6 is 0 Å². The first-order valence-electron chi connectivity index (χ1n) is 5.13. The van der Waals surface area contributed by atoms with Crippen molar-refractivity contribution in [1.82, 2.24) is 0 Å². The van der Waals surface area contributed by atoms with Crippen molar-refractivity contribution in [1.29, 1.82) is 0 Å². The van der Waals surface area contributed by atoms with Gasteiger partial charge in [0.05, 0.1) is 4.90 Å². The van der Waals surface area contributed by atoms with E-state index < -0.39 is 28.9 Å². The molecule has 0 unspecified atom stereocenters. The van der Waals surface area contributed by atoms with Crippen LogP contribution in [0.2, 0.25) is 0 Å². The van der Waals surface area contributed by atoms with Crippen LogP contribution in [-0.2, 0) is 14.8 Å². The number of sulfonamides is 1. The maximum atomic E-state index is 11.8. The number of hydrogen-bond donors (Lipinski definition) is 2. The van der Waals surface area contributed by atoms with Gasteiger partial charge in [0.1, 0.15) is 0 Å². The van der Waals surface area contributed by atoms with Gasteiger partial charge in [-0.2, -0.15) is 13.2 Å². The van der Waals surface area contributed by atoms with E-state index in [0.717, 1.165) is 6.07 Å². The van der Waals surface area contributed by atoms with Gasteiger partial charge >= 0.3 is 12.3 Å². The number of nitrogens with two attached hydrogens (primary N) is 1. The lowest BCUT2D eigenvalue weighted by molar-refractivity contribution is -0.159. The highest BCUT2D eigenvalue weighted by Crippen LogP contribution is 2.19. The van der Waals surface area contributed by atoms with Crippen molar-refractivity contribution >= 4 is 21.8 Å². The van der Waals surface area contributed by atoms with Crippen LogP contribution in [0.1, 0.15) is 5.56 Å². The van der Waals surface area contributed by atoms with Gasteiger partial charge in [0.25, 0.3) is 0 Å². The summed E-state index contributed by atoms with van der Waals surface area (Å²) >= 11 is 0. The number of carbonyl (C=O) groups excluding carboxylic acids is 1. The highest BCUT2D eigenvalue weighted by Gasteiger charge is 2.29. The average Bonchev–Trinajstić information content (AvgIpc) is 2.27. The molecule has 0 aliphatic carbocycles.